The molecule has 2 aromatic rings. The van der Waals surface area contributed by atoms with Gasteiger partial charge >= 0.3 is 0 Å². The minimum Gasteiger partial charge on any atom is -0.354 e. The van der Waals surface area contributed by atoms with Crippen molar-refractivity contribution >= 4 is 27.5 Å². The Labute approximate surface area is 205 Å². The highest BCUT2D eigenvalue weighted by Gasteiger charge is 2.55. The highest BCUT2D eigenvalue weighted by atomic mass is 32.2. The van der Waals surface area contributed by atoms with E-state index in [0.717, 1.165) is 17.8 Å². The summed E-state index contributed by atoms with van der Waals surface area (Å²) >= 11 is 0. The van der Waals surface area contributed by atoms with Crippen molar-refractivity contribution in [3.63, 3.8) is 0 Å². The smallest absolute Gasteiger partial charge is 0.250 e. The predicted molar refractivity (Wildman–Crippen MR) is 130 cm³/mol. The second kappa shape index (κ2) is 9.94. The van der Waals surface area contributed by atoms with Crippen molar-refractivity contribution in [3.05, 3.63) is 60.4 Å². The number of sulfonamides is 1. The number of hydrogen-bond donors (Lipinski definition) is 1. The van der Waals surface area contributed by atoms with Crippen LogP contribution in [0.2, 0.25) is 0 Å². The summed E-state index contributed by atoms with van der Waals surface area (Å²) in [7, 11) is -3.81. The maximum absolute atomic E-state index is 13.7. The van der Waals surface area contributed by atoms with Crippen LogP contribution in [-0.2, 0) is 19.6 Å². The highest BCUT2D eigenvalue weighted by molar-refractivity contribution is 7.89. The summed E-state index contributed by atoms with van der Waals surface area (Å²) in [4.78, 5) is 29.8. The number of halogens is 1. The third-order valence-corrected chi connectivity index (χ3v) is 8.54. The number of piperidine rings is 1. The van der Waals surface area contributed by atoms with Crippen LogP contribution < -0.4 is 10.2 Å². The molecule has 2 heterocycles. The average molecular weight is 503 g/mol. The van der Waals surface area contributed by atoms with Gasteiger partial charge in [-0.25, -0.2) is 12.8 Å². The van der Waals surface area contributed by atoms with Gasteiger partial charge in [0.1, 0.15) is 17.9 Å². The van der Waals surface area contributed by atoms with Crippen LogP contribution in [0.15, 0.2) is 59.5 Å². The number of hydrogen-bond acceptors (Lipinski definition) is 5. The average Bonchev–Trinajstić information content (AvgIpc) is 3.10. The van der Waals surface area contributed by atoms with E-state index in [0.29, 0.717) is 12.5 Å². The normalized spacial score (nSPS) is 18.5. The van der Waals surface area contributed by atoms with Gasteiger partial charge in [0.2, 0.25) is 21.8 Å². The molecule has 0 radical (unpaired) electrons. The molecular formula is C25H31FN4O4S. The number of anilines is 1. The van der Waals surface area contributed by atoms with Gasteiger partial charge in [-0.15, -0.1) is 0 Å². The Balaban J connectivity index is 1.55. The summed E-state index contributed by atoms with van der Waals surface area (Å²) in [6.07, 6.45) is 0.566. The van der Waals surface area contributed by atoms with Gasteiger partial charge in [-0.1, -0.05) is 32.0 Å². The van der Waals surface area contributed by atoms with Gasteiger partial charge in [-0.05, 0) is 55.2 Å². The molecule has 1 spiro atoms. The third-order valence-electron chi connectivity index (χ3n) is 6.62. The SMILES string of the molecule is CC(C)CNC(=O)CN1CN(c2ccccc2)C2(CCN(S(=O)(=O)c3ccc(F)cc3)CC2)C1=O. The molecule has 2 amide bonds. The van der Waals surface area contributed by atoms with E-state index in [2.05, 4.69) is 5.32 Å². The van der Waals surface area contributed by atoms with Crippen molar-refractivity contribution in [2.45, 2.75) is 37.1 Å². The fourth-order valence-electron chi connectivity index (χ4n) is 4.72. The molecule has 0 aromatic heterocycles. The van der Waals surface area contributed by atoms with E-state index >= 15 is 0 Å². The van der Waals surface area contributed by atoms with Crippen LogP contribution in [0.1, 0.15) is 26.7 Å². The molecule has 0 atom stereocenters. The Morgan fingerprint density at radius 3 is 2.29 bits per heavy atom. The number of nitrogens with zero attached hydrogens (tertiary/aromatic N) is 3. The lowest BCUT2D eigenvalue weighted by Gasteiger charge is -2.42. The van der Waals surface area contributed by atoms with Gasteiger partial charge in [-0.3, -0.25) is 9.59 Å². The minimum absolute atomic E-state index is 0.0240. The number of carbonyl (C=O) groups excluding carboxylic acids is 2. The van der Waals surface area contributed by atoms with Crippen LogP contribution in [0.4, 0.5) is 10.1 Å². The first-order valence-corrected chi connectivity index (χ1v) is 13.2. The Kier molecular flexibility index (Phi) is 7.14. The summed E-state index contributed by atoms with van der Waals surface area (Å²) in [5.74, 6) is -0.588. The topological polar surface area (TPSA) is 90.0 Å². The van der Waals surface area contributed by atoms with Crippen LogP contribution in [0, 0.1) is 11.7 Å². The van der Waals surface area contributed by atoms with Crippen molar-refractivity contribution in [1.82, 2.24) is 14.5 Å². The van der Waals surface area contributed by atoms with Gasteiger partial charge in [0, 0.05) is 25.3 Å². The molecule has 2 aliphatic rings. The maximum atomic E-state index is 13.7. The second-order valence-electron chi connectivity index (χ2n) is 9.50. The zero-order valence-electron chi connectivity index (χ0n) is 20.0. The third kappa shape index (κ3) is 5.04. The van der Waals surface area contributed by atoms with Gasteiger partial charge < -0.3 is 15.1 Å². The summed E-state index contributed by atoms with van der Waals surface area (Å²) in [6, 6.07) is 14.3. The van der Waals surface area contributed by atoms with Gasteiger partial charge in [0.15, 0.2) is 0 Å². The molecule has 2 aliphatic heterocycles. The van der Waals surface area contributed by atoms with Crippen LogP contribution in [0.3, 0.4) is 0 Å². The van der Waals surface area contributed by atoms with Crippen LogP contribution in [0.25, 0.3) is 0 Å². The molecule has 4 rings (SSSR count). The van der Waals surface area contributed by atoms with E-state index < -0.39 is 21.4 Å². The van der Waals surface area contributed by atoms with Crippen molar-refractivity contribution in [2.24, 2.45) is 5.92 Å². The standard InChI is InChI=1S/C25H31FN4O4S/c1-19(2)16-27-23(31)17-28-18-30(21-6-4-3-5-7-21)25(24(28)32)12-14-29(15-13-25)35(33,34)22-10-8-20(26)9-11-22/h3-11,19H,12-18H2,1-2H3,(H,27,31). The molecule has 2 aromatic carbocycles. The number of benzene rings is 2. The molecule has 35 heavy (non-hydrogen) atoms. The zero-order chi connectivity index (χ0) is 25.2. The molecule has 0 bridgehead atoms. The quantitative estimate of drug-likeness (QED) is 0.628. The lowest BCUT2D eigenvalue weighted by molar-refractivity contribution is -0.137. The Morgan fingerprint density at radius 2 is 1.69 bits per heavy atom. The zero-order valence-corrected chi connectivity index (χ0v) is 20.8. The predicted octanol–water partition coefficient (Wildman–Crippen LogP) is 2.43. The summed E-state index contributed by atoms with van der Waals surface area (Å²) < 4.78 is 40.9. The van der Waals surface area contributed by atoms with Crippen molar-refractivity contribution in [2.75, 3.05) is 37.7 Å². The molecule has 8 nitrogen and oxygen atoms in total. The minimum atomic E-state index is -3.81. The van der Waals surface area contributed by atoms with E-state index in [1.807, 2.05) is 49.1 Å². The lowest BCUT2D eigenvalue weighted by Crippen LogP contribution is -2.57. The van der Waals surface area contributed by atoms with E-state index in [4.69, 9.17) is 0 Å². The lowest BCUT2D eigenvalue weighted by atomic mass is 9.86. The van der Waals surface area contributed by atoms with Gasteiger partial charge in [0.05, 0.1) is 11.6 Å². The fraction of sp³-hybridized carbons (Fsp3) is 0.440. The molecule has 0 saturated carbocycles. The van der Waals surface area contributed by atoms with E-state index in [-0.39, 0.29) is 55.9 Å². The van der Waals surface area contributed by atoms with E-state index in [9.17, 15) is 22.4 Å². The molecule has 188 valence electrons. The molecule has 10 heteroatoms. The van der Waals surface area contributed by atoms with E-state index in [1.54, 1.807) is 4.90 Å². The summed E-state index contributed by atoms with van der Waals surface area (Å²) in [5, 5.41) is 2.86. The highest BCUT2D eigenvalue weighted by Crippen LogP contribution is 2.40. The number of nitrogens with one attached hydrogen (secondary N) is 1. The Bertz CT molecular complexity index is 1160. The molecular weight excluding hydrogens is 471 g/mol. The Morgan fingerprint density at radius 1 is 1.06 bits per heavy atom. The summed E-state index contributed by atoms with van der Waals surface area (Å²) in [5.41, 5.74) is -0.0881. The second-order valence-corrected chi connectivity index (χ2v) is 11.4. The molecule has 1 N–H and O–H groups in total. The summed E-state index contributed by atoms with van der Waals surface area (Å²) in [6.45, 7) is 5.02. The monoisotopic (exact) mass is 502 g/mol. The first-order chi connectivity index (χ1) is 16.6. The molecule has 0 aliphatic carbocycles. The Hall–Kier alpha value is -2.98. The molecule has 2 fully saturated rings. The van der Waals surface area contributed by atoms with Gasteiger partial charge in [-0.2, -0.15) is 4.31 Å². The number of carbonyl (C=O) groups is 2. The van der Waals surface area contributed by atoms with Crippen molar-refractivity contribution in [3.8, 4) is 0 Å². The van der Waals surface area contributed by atoms with Crippen LogP contribution in [0.5, 0.6) is 0 Å². The number of rotatable bonds is 7. The first-order valence-electron chi connectivity index (χ1n) is 11.8. The van der Waals surface area contributed by atoms with Crippen LogP contribution >= 0.6 is 0 Å². The van der Waals surface area contributed by atoms with Crippen molar-refractivity contribution < 1.29 is 22.4 Å². The molecule has 2 saturated heterocycles. The maximum Gasteiger partial charge on any atom is 0.250 e. The number of amides is 2. The molecule has 0 unspecified atom stereocenters. The number of para-hydroxylation sites is 1. The fourth-order valence-corrected chi connectivity index (χ4v) is 6.16. The van der Waals surface area contributed by atoms with Crippen molar-refractivity contribution in [1.29, 1.82) is 0 Å². The van der Waals surface area contributed by atoms with E-state index in [1.165, 1.54) is 16.4 Å². The largest absolute Gasteiger partial charge is 0.354 e. The van der Waals surface area contributed by atoms with Crippen LogP contribution in [-0.4, -0.2) is 67.8 Å². The first kappa shape index (κ1) is 25.1. The van der Waals surface area contributed by atoms with Gasteiger partial charge in [0.25, 0.3) is 0 Å².